The Kier molecular flexibility index (Phi) is 6.60. The molecule has 0 atom stereocenters. The highest BCUT2D eigenvalue weighted by atomic mass is 32.1. The summed E-state index contributed by atoms with van der Waals surface area (Å²) in [5.41, 5.74) is 13.2. The first-order valence-corrected chi connectivity index (χ1v) is 20.7. The molecule has 0 fully saturated rings. The van der Waals surface area contributed by atoms with Gasteiger partial charge in [0.05, 0.1) is 33.1 Å². The summed E-state index contributed by atoms with van der Waals surface area (Å²) in [7, 11) is 0. The highest BCUT2D eigenvalue weighted by Crippen LogP contribution is 2.41. The maximum Gasteiger partial charge on any atom is 0.0542 e. The average molecular weight is 756 g/mol. The molecule has 0 aliphatic rings. The molecule has 4 heteroatoms. The molecule has 9 aromatic carbocycles. The van der Waals surface area contributed by atoms with Crippen LogP contribution in [0, 0.1) is 0 Å². The Morgan fingerprint density at radius 2 is 0.638 bits per heavy atom. The largest absolute Gasteiger partial charge is 0.309 e. The van der Waals surface area contributed by atoms with Gasteiger partial charge >= 0.3 is 0 Å². The molecule has 270 valence electrons. The highest BCUT2D eigenvalue weighted by molar-refractivity contribution is 7.25. The lowest BCUT2D eigenvalue weighted by Gasteiger charge is -2.11. The van der Waals surface area contributed by atoms with Crippen LogP contribution < -0.4 is 0 Å². The average Bonchev–Trinajstić information content (AvgIpc) is 4.02. The third-order valence-electron chi connectivity index (χ3n) is 12.2. The van der Waals surface area contributed by atoms with Crippen molar-refractivity contribution >= 4 is 96.9 Å². The highest BCUT2D eigenvalue weighted by Gasteiger charge is 2.19. The van der Waals surface area contributed by atoms with Crippen LogP contribution in [0.4, 0.5) is 0 Å². The molecule has 0 saturated heterocycles. The van der Waals surface area contributed by atoms with E-state index in [4.69, 9.17) is 0 Å². The van der Waals surface area contributed by atoms with Crippen molar-refractivity contribution in [1.82, 2.24) is 13.7 Å². The van der Waals surface area contributed by atoms with E-state index >= 15 is 0 Å². The second kappa shape index (κ2) is 12.1. The Morgan fingerprint density at radius 1 is 0.241 bits per heavy atom. The normalized spacial score (nSPS) is 12.1. The number of benzene rings is 9. The van der Waals surface area contributed by atoms with Gasteiger partial charge in [0, 0.05) is 69.6 Å². The number of para-hydroxylation sites is 4. The monoisotopic (exact) mass is 755 g/mol. The van der Waals surface area contributed by atoms with Gasteiger partial charge in [0.2, 0.25) is 0 Å². The first-order chi connectivity index (χ1) is 28.8. The summed E-state index contributed by atoms with van der Waals surface area (Å²) in [6.07, 6.45) is 0. The third-order valence-corrected chi connectivity index (χ3v) is 13.4. The topological polar surface area (TPSA) is 14.8 Å². The van der Waals surface area contributed by atoms with Gasteiger partial charge < -0.3 is 13.7 Å². The van der Waals surface area contributed by atoms with Gasteiger partial charge in [-0.2, -0.15) is 0 Å². The minimum Gasteiger partial charge on any atom is -0.309 e. The molecule has 0 N–H and O–H groups in total. The number of hydrogen-bond acceptors (Lipinski definition) is 1. The summed E-state index contributed by atoms with van der Waals surface area (Å²) >= 11 is 1.86. The zero-order valence-corrected chi connectivity index (χ0v) is 32.1. The molecule has 0 unspecified atom stereocenters. The van der Waals surface area contributed by atoms with Crippen molar-refractivity contribution in [3.8, 4) is 28.2 Å². The van der Waals surface area contributed by atoms with E-state index in [1.807, 2.05) is 11.3 Å². The molecule has 0 spiro atoms. The lowest BCUT2D eigenvalue weighted by atomic mass is 10.0. The fourth-order valence-corrected chi connectivity index (χ4v) is 10.8. The standard InChI is InChI=1S/C54H33N3S/c1-2-12-36(13-3-1)55-47-18-8-6-16-41(47)45-32-37(24-28-52(45)55)56-48-19-9-4-14-39(48)43-30-34(22-26-50(43)56)35-23-27-51-44(31-35)40-15-5-10-20-49(40)57(51)38-25-29-54-46(33-38)42-17-7-11-21-53(42)58-54/h1-33H. The van der Waals surface area contributed by atoms with Gasteiger partial charge in [0.15, 0.2) is 0 Å². The number of aromatic nitrogens is 3. The number of nitrogens with zero attached hydrogens (tertiary/aromatic N) is 3. The predicted octanol–water partition coefficient (Wildman–Crippen LogP) is 15.0. The lowest BCUT2D eigenvalue weighted by Crippen LogP contribution is -1.95. The zero-order valence-electron chi connectivity index (χ0n) is 31.3. The molecule has 0 bridgehead atoms. The number of thiophene rings is 1. The molecular weight excluding hydrogens is 723 g/mol. The number of hydrogen-bond donors (Lipinski definition) is 0. The molecule has 3 nitrogen and oxygen atoms in total. The molecule has 0 saturated carbocycles. The summed E-state index contributed by atoms with van der Waals surface area (Å²) < 4.78 is 9.90. The van der Waals surface area contributed by atoms with Crippen molar-refractivity contribution in [2.45, 2.75) is 0 Å². The van der Waals surface area contributed by atoms with Gasteiger partial charge in [-0.15, -0.1) is 11.3 Å². The number of rotatable bonds is 4. The fourth-order valence-electron chi connectivity index (χ4n) is 9.67. The van der Waals surface area contributed by atoms with Crippen LogP contribution in [0.3, 0.4) is 0 Å². The summed E-state index contributed by atoms with van der Waals surface area (Å²) in [6.45, 7) is 0. The lowest BCUT2D eigenvalue weighted by molar-refractivity contribution is 1.17. The van der Waals surface area contributed by atoms with Gasteiger partial charge in [0.25, 0.3) is 0 Å². The van der Waals surface area contributed by atoms with Gasteiger partial charge in [-0.05, 0) is 108 Å². The van der Waals surface area contributed by atoms with E-state index in [1.54, 1.807) is 0 Å². The van der Waals surface area contributed by atoms with Crippen LogP contribution in [0.15, 0.2) is 200 Å². The van der Waals surface area contributed by atoms with Crippen LogP contribution in [0.2, 0.25) is 0 Å². The quantitative estimate of drug-likeness (QED) is 0.170. The molecule has 0 amide bonds. The second-order valence-corrected chi connectivity index (χ2v) is 16.4. The first-order valence-electron chi connectivity index (χ1n) is 19.8. The Labute approximate surface area is 337 Å². The maximum atomic E-state index is 2.44. The van der Waals surface area contributed by atoms with Crippen LogP contribution in [0.1, 0.15) is 0 Å². The van der Waals surface area contributed by atoms with E-state index < -0.39 is 0 Å². The molecule has 13 rings (SSSR count). The van der Waals surface area contributed by atoms with E-state index in [1.165, 1.54) is 108 Å². The molecule has 13 aromatic rings. The molecular formula is C54H33N3S. The molecule has 4 aromatic heterocycles. The van der Waals surface area contributed by atoms with Crippen molar-refractivity contribution in [3.05, 3.63) is 200 Å². The van der Waals surface area contributed by atoms with Gasteiger partial charge in [-0.25, -0.2) is 0 Å². The van der Waals surface area contributed by atoms with Crippen molar-refractivity contribution in [2.75, 3.05) is 0 Å². The van der Waals surface area contributed by atoms with Gasteiger partial charge in [-0.3, -0.25) is 0 Å². The van der Waals surface area contributed by atoms with Gasteiger partial charge in [-0.1, -0.05) is 103 Å². The Balaban J connectivity index is 0.973. The van der Waals surface area contributed by atoms with Crippen LogP contribution in [-0.2, 0) is 0 Å². The second-order valence-electron chi connectivity index (χ2n) is 15.3. The van der Waals surface area contributed by atoms with E-state index in [9.17, 15) is 0 Å². The summed E-state index contributed by atoms with van der Waals surface area (Å²) in [5, 5.41) is 10.1. The van der Waals surface area contributed by atoms with E-state index in [2.05, 4.69) is 214 Å². The molecule has 58 heavy (non-hydrogen) atoms. The fraction of sp³-hybridized carbons (Fsp3) is 0. The van der Waals surface area contributed by atoms with Crippen LogP contribution >= 0.6 is 11.3 Å². The predicted molar refractivity (Wildman–Crippen MR) is 248 cm³/mol. The molecule has 0 aliphatic carbocycles. The van der Waals surface area contributed by atoms with Crippen molar-refractivity contribution in [3.63, 3.8) is 0 Å². The van der Waals surface area contributed by atoms with Crippen molar-refractivity contribution in [1.29, 1.82) is 0 Å². The summed E-state index contributed by atoms with van der Waals surface area (Å²) in [5.74, 6) is 0. The third kappa shape index (κ3) is 4.49. The van der Waals surface area contributed by atoms with Crippen LogP contribution in [0.5, 0.6) is 0 Å². The Bertz CT molecular complexity index is 3800. The Hall–Kier alpha value is -7.40. The smallest absolute Gasteiger partial charge is 0.0542 e. The summed E-state index contributed by atoms with van der Waals surface area (Å²) in [6, 6.07) is 73.7. The van der Waals surface area contributed by atoms with E-state index in [0.29, 0.717) is 0 Å². The van der Waals surface area contributed by atoms with E-state index in [-0.39, 0.29) is 0 Å². The molecule has 0 radical (unpaired) electrons. The zero-order chi connectivity index (χ0) is 37.9. The SMILES string of the molecule is c1ccc(-n2c3ccccc3c3cc(-n4c5ccccc5c5cc(-c6ccc7c(c6)c6ccccc6n7-c6ccc7sc8ccccc8c7c6)ccc54)ccc32)cc1. The van der Waals surface area contributed by atoms with Gasteiger partial charge in [0.1, 0.15) is 0 Å². The molecule has 0 aliphatic heterocycles. The minimum absolute atomic E-state index is 1.16. The van der Waals surface area contributed by atoms with Crippen LogP contribution in [0.25, 0.3) is 114 Å². The minimum atomic E-state index is 1.16. The number of fused-ring (bicyclic) bond motifs is 12. The Morgan fingerprint density at radius 3 is 1.22 bits per heavy atom. The van der Waals surface area contributed by atoms with Crippen molar-refractivity contribution < 1.29 is 0 Å². The van der Waals surface area contributed by atoms with E-state index in [0.717, 1.165) is 5.69 Å². The summed E-state index contributed by atoms with van der Waals surface area (Å²) in [4.78, 5) is 0. The van der Waals surface area contributed by atoms with Crippen LogP contribution in [-0.4, -0.2) is 13.7 Å². The van der Waals surface area contributed by atoms with Crippen molar-refractivity contribution in [2.24, 2.45) is 0 Å². The maximum absolute atomic E-state index is 2.44. The first kappa shape index (κ1) is 31.8. The molecule has 4 heterocycles.